The molecule has 2 aromatic carbocycles. The molecule has 0 bridgehead atoms. The first-order chi connectivity index (χ1) is 13.0. The largest absolute Gasteiger partial charge is 0.383 e. The number of nitrogens with zero attached hydrogens (tertiary/aromatic N) is 1. The predicted molar refractivity (Wildman–Crippen MR) is 102 cm³/mol. The minimum Gasteiger partial charge on any atom is -0.383 e. The van der Waals surface area contributed by atoms with Gasteiger partial charge in [-0.2, -0.15) is 0 Å². The summed E-state index contributed by atoms with van der Waals surface area (Å²) < 4.78 is 0. The lowest BCUT2D eigenvalue weighted by Gasteiger charge is -2.46. The van der Waals surface area contributed by atoms with Crippen LogP contribution in [0.2, 0.25) is 0 Å². The van der Waals surface area contributed by atoms with Crippen molar-refractivity contribution in [3.63, 3.8) is 0 Å². The zero-order valence-electron chi connectivity index (χ0n) is 15.4. The molecular weight excluding hydrogens is 340 g/mol. The second kappa shape index (κ2) is 6.34. The third kappa shape index (κ3) is 2.49. The lowest BCUT2D eigenvalue weighted by atomic mass is 9.52. The first-order valence-corrected chi connectivity index (χ1v) is 9.16. The second-order valence-electron chi connectivity index (χ2n) is 7.54. The van der Waals surface area contributed by atoms with E-state index in [1.54, 1.807) is 0 Å². The highest BCUT2D eigenvalue weighted by atomic mass is 16.7. The van der Waals surface area contributed by atoms with Gasteiger partial charge >= 0.3 is 5.97 Å². The van der Waals surface area contributed by atoms with E-state index >= 15 is 0 Å². The fourth-order valence-electron chi connectivity index (χ4n) is 4.69. The number of carbonyl (C=O) groups excluding carboxylic acids is 2. The fourth-order valence-corrected chi connectivity index (χ4v) is 4.69. The standard InChI is InChI=1S/C22H22N2O3/c1-13-8-10-15(11-9-13)17-12-18(25)14(2)19(16-6-4-3-5-7-16)22(17)20(23)24-27-21(22)26/h3-11,14,17,19H,12H2,1-2H3,(H2,23,24)/t14-,17?,19-,22?/m0/s1. The highest BCUT2D eigenvalue weighted by Gasteiger charge is 2.65. The van der Waals surface area contributed by atoms with Crippen LogP contribution in [0, 0.1) is 18.3 Å². The molecule has 2 aliphatic rings. The number of benzene rings is 2. The lowest BCUT2D eigenvalue weighted by molar-refractivity contribution is -0.153. The average molecular weight is 362 g/mol. The third-order valence-corrected chi connectivity index (χ3v) is 6.08. The molecule has 0 amide bonds. The number of oxime groups is 1. The van der Waals surface area contributed by atoms with Crippen LogP contribution in [-0.4, -0.2) is 17.6 Å². The zero-order chi connectivity index (χ0) is 19.2. The van der Waals surface area contributed by atoms with Gasteiger partial charge in [-0.3, -0.25) is 4.79 Å². The van der Waals surface area contributed by atoms with E-state index < -0.39 is 23.2 Å². The average Bonchev–Trinajstić information content (AvgIpc) is 2.96. The summed E-state index contributed by atoms with van der Waals surface area (Å²) in [5.74, 6) is -1.40. The van der Waals surface area contributed by atoms with E-state index in [2.05, 4.69) is 5.16 Å². The first-order valence-electron chi connectivity index (χ1n) is 9.16. The van der Waals surface area contributed by atoms with Gasteiger partial charge < -0.3 is 10.6 Å². The topological polar surface area (TPSA) is 81.8 Å². The number of rotatable bonds is 2. The summed E-state index contributed by atoms with van der Waals surface area (Å²) in [4.78, 5) is 31.2. The zero-order valence-corrected chi connectivity index (χ0v) is 15.4. The number of ketones is 1. The highest BCUT2D eigenvalue weighted by Crippen LogP contribution is 2.58. The molecule has 0 aromatic heterocycles. The molecule has 27 heavy (non-hydrogen) atoms. The number of hydrogen-bond donors (Lipinski definition) is 1. The van der Waals surface area contributed by atoms with E-state index in [4.69, 9.17) is 10.6 Å². The molecule has 0 radical (unpaired) electrons. The van der Waals surface area contributed by atoms with E-state index in [0.29, 0.717) is 0 Å². The molecule has 2 aromatic rings. The summed E-state index contributed by atoms with van der Waals surface area (Å²) in [5, 5.41) is 3.86. The van der Waals surface area contributed by atoms with Gasteiger partial charge in [0.25, 0.3) is 0 Å². The van der Waals surface area contributed by atoms with E-state index in [1.807, 2.05) is 68.4 Å². The minimum absolute atomic E-state index is 0.118. The second-order valence-corrected chi connectivity index (χ2v) is 7.54. The Morgan fingerprint density at radius 1 is 1.04 bits per heavy atom. The molecule has 0 saturated heterocycles. The van der Waals surface area contributed by atoms with Crippen LogP contribution in [0.4, 0.5) is 0 Å². The molecule has 1 spiro atoms. The monoisotopic (exact) mass is 362 g/mol. The van der Waals surface area contributed by atoms with Crippen LogP contribution in [0.5, 0.6) is 0 Å². The van der Waals surface area contributed by atoms with Crippen LogP contribution in [0.3, 0.4) is 0 Å². The molecular formula is C22H22N2O3. The summed E-state index contributed by atoms with van der Waals surface area (Å²) in [6.45, 7) is 3.87. The SMILES string of the molecule is Cc1ccc(C2CC(=O)[C@H](C)[C@@H](c3ccccc3)C23C(=O)ON=C3N)cc1. The Morgan fingerprint density at radius 3 is 2.30 bits per heavy atom. The van der Waals surface area contributed by atoms with Crippen molar-refractivity contribution in [3.05, 3.63) is 71.3 Å². The Bertz CT molecular complexity index is 920. The molecule has 5 heteroatoms. The maximum absolute atomic E-state index is 13.1. The van der Waals surface area contributed by atoms with Gasteiger partial charge in [0.05, 0.1) is 0 Å². The van der Waals surface area contributed by atoms with Crippen LogP contribution in [0.1, 0.15) is 41.9 Å². The Labute approximate surface area is 158 Å². The van der Waals surface area contributed by atoms with E-state index in [9.17, 15) is 9.59 Å². The molecule has 1 fully saturated rings. The number of hydrogen-bond acceptors (Lipinski definition) is 5. The fraction of sp³-hybridized carbons (Fsp3) is 0.318. The van der Waals surface area contributed by atoms with Crippen molar-refractivity contribution in [2.75, 3.05) is 0 Å². The van der Waals surface area contributed by atoms with Crippen molar-refractivity contribution in [3.8, 4) is 0 Å². The van der Waals surface area contributed by atoms with Crippen LogP contribution < -0.4 is 5.73 Å². The first kappa shape index (κ1) is 17.5. The van der Waals surface area contributed by atoms with Crippen LogP contribution in [0.15, 0.2) is 59.8 Å². The van der Waals surface area contributed by atoms with Crippen molar-refractivity contribution >= 4 is 17.6 Å². The summed E-state index contributed by atoms with van der Waals surface area (Å²) in [5.41, 5.74) is 8.05. The summed E-state index contributed by atoms with van der Waals surface area (Å²) in [6, 6.07) is 17.5. The van der Waals surface area contributed by atoms with Crippen molar-refractivity contribution < 1.29 is 14.4 Å². The maximum atomic E-state index is 13.1. The number of nitrogens with two attached hydrogens (primary N) is 1. The molecule has 4 rings (SSSR count). The third-order valence-electron chi connectivity index (χ3n) is 6.08. The smallest absolute Gasteiger partial charge is 0.350 e. The normalized spacial score (nSPS) is 30.3. The Balaban J connectivity index is 1.96. The number of amidine groups is 1. The van der Waals surface area contributed by atoms with Gasteiger partial charge in [0.15, 0.2) is 5.84 Å². The van der Waals surface area contributed by atoms with Crippen molar-refractivity contribution in [2.24, 2.45) is 22.2 Å². The summed E-state index contributed by atoms with van der Waals surface area (Å²) in [6.07, 6.45) is 0.235. The highest BCUT2D eigenvalue weighted by molar-refractivity contribution is 6.11. The van der Waals surface area contributed by atoms with E-state index in [1.165, 1.54) is 0 Å². The van der Waals surface area contributed by atoms with Crippen molar-refractivity contribution in [2.45, 2.75) is 32.1 Å². The molecule has 2 unspecified atom stereocenters. The van der Waals surface area contributed by atoms with Crippen LogP contribution in [-0.2, 0) is 14.4 Å². The van der Waals surface area contributed by atoms with Gasteiger partial charge in [-0.05, 0) is 18.1 Å². The van der Waals surface area contributed by atoms with E-state index in [-0.39, 0.29) is 24.0 Å². The van der Waals surface area contributed by atoms with Gasteiger partial charge in [0.2, 0.25) is 0 Å². The van der Waals surface area contributed by atoms with E-state index in [0.717, 1.165) is 16.7 Å². The Morgan fingerprint density at radius 2 is 1.70 bits per heavy atom. The van der Waals surface area contributed by atoms with Gasteiger partial charge in [-0.1, -0.05) is 72.2 Å². The predicted octanol–water partition coefficient (Wildman–Crippen LogP) is 3.29. The molecule has 5 nitrogen and oxygen atoms in total. The van der Waals surface area contributed by atoms with Gasteiger partial charge in [0.1, 0.15) is 11.2 Å². The van der Waals surface area contributed by atoms with Gasteiger partial charge in [-0.15, -0.1) is 0 Å². The van der Waals surface area contributed by atoms with Gasteiger partial charge in [0, 0.05) is 24.2 Å². The quantitative estimate of drug-likeness (QED) is 0.831. The summed E-state index contributed by atoms with van der Waals surface area (Å²) in [7, 11) is 0. The molecule has 1 aliphatic carbocycles. The number of Topliss-reactive ketones (excluding diaryl/α,β-unsaturated/α-hetero) is 1. The van der Waals surface area contributed by atoms with Crippen LogP contribution in [0.25, 0.3) is 0 Å². The number of carbonyl (C=O) groups is 2. The van der Waals surface area contributed by atoms with Crippen LogP contribution >= 0.6 is 0 Å². The van der Waals surface area contributed by atoms with Crippen molar-refractivity contribution in [1.82, 2.24) is 0 Å². The maximum Gasteiger partial charge on any atom is 0.350 e. The summed E-state index contributed by atoms with van der Waals surface area (Å²) >= 11 is 0. The molecule has 138 valence electrons. The molecule has 2 N–H and O–H groups in total. The Hall–Kier alpha value is -2.95. The lowest BCUT2D eigenvalue weighted by Crippen LogP contribution is -2.55. The van der Waals surface area contributed by atoms with Gasteiger partial charge in [-0.25, -0.2) is 4.79 Å². The number of aryl methyl sites for hydroxylation is 1. The van der Waals surface area contributed by atoms with Crippen molar-refractivity contribution in [1.29, 1.82) is 0 Å². The molecule has 1 aliphatic heterocycles. The minimum atomic E-state index is -1.18. The molecule has 1 heterocycles. The molecule has 1 saturated carbocycles. The Kier molecular flexibility index (Phi) is 4.10. The molecule has 4 atom stereocenters.